The molecule has 24 heavy (non-hydrogen) atoms. The van der Waals surface area contributed by atoms with Gasteiger partial charge in [0.05, 0.1) is 12.1 Å². The number of likely N-dealkylation sites (N-methyl/N-ethyl adjacent to an activating group) is 1. The molecule has 1 heterocycles. The molecule has 2 rings (SSSR count). The summed E-state index contributed by atoms with van der Waals surface area (Å²) in [5, 5.41) is 12.5. The first-order valence-electron chi connectivity index (χ1n) is 7.81. The van der Waals surface area contributed by atoms with E-state index in [-0.39, 0.29) is 18.0 Å². The summed E-state index contributed by atoms with van der Waals surface area (Å²) >= 11 is 1.31. The zero-order valence-electron chi connectivity index (χ0n) is 14.1. The van der Waals surface area contributed by atoms with Crippen LogP contribution in [-0.4, -0.2) is 35.0 Å². The maximum absolute atomic E-state index is 12.3. The van der Waals surface area contributed by atoms with Crippen LogP contribution < -0.4 is 5.32 Å². The van der Waals surface area contributed by atoms with E-state index in [0.717, 1.165) is 17.0 Å². The molecule has 0 bridgehead atoms. The van der Waals surface area contributed by atoms with Crippen LogP contribution in [0.1, 0.15) is 33.3 Å². The van der Waals surface area contributed by atoms with Crippen molar-refractivity contribution in [2.75, 3.05) is 18.4 Å². The van der Waals surface area contributed by atoms with Crippen molar-refractivity contribution in [1.29, 1.82) is 0 Å². The van der Waals surface area contributed by atoms with Crippen LogP contribution in [0.25, 0.3) is 0 Å². The first kappa shape index (κ1) is 18.2. The van der Waals surface area contributed by atoms with Crippen LogP contribution in [0.3, 0.4) is 0 Å². The zero-order chi connectivity index (χ0) is 17.7. The van der Waals surface area contributed by atoms with Crippen molar-refractivity contribution < 1.29 is 14.7 Å². The third-order valence-corrected chi connectivity index (χ3v) is 5.04. The molecule has 0 fully saturated rings. The van der Waals surface area contributed by atoms with Gasteiger partial charge in [-0.2, -0.15) is 0 Å². The van der Waals surface area contributed by atoms with E-state index in [0.29, 0.717) is 17.1 Å². The van der Waals surface area contributed by atoms with E-state index in [4.69, 9.17) is 0 Å². The van der Waals surface area contributed by atoms with Gasteiger partial charge in [-0.15, -0.1) is 11.3 Å². The highest BCUT2D eigenvalue weighted by Gasteiger charge is 2.21. The third kappa shape index (κ3) is 4.43. The van der Waals surface area contributed by atoms with Gasteiger partial charge in [-0.25, -0.2) is 4.79 Å². The van der Waals surface area contributed by atoms with Gasteiger partial charge in [0.2, 0.25) is 5.91 Å². The molecule has 0 unspecified atom stereocenters. The summed E-state index contributed by atoms with van der Waals surface area (Å²) in [5.74, 6) is -1.21. The second kappa shape index (κ2) is 8.08. The highest BCUT2D eigenvalue weighted by molar-refractivity contribution is 7.16. The largest absolute Gasteiger partial charge is 0.478 e. The second-order valence-electron chi connectivity index (χ2n) is 5.63. The van der Waals surface area contributed by atoms with Crippen molar-refractivity contribution in [3.8, 4) is 0 Å². The Morgan fingerprint density at radius 3 is 2.46 bits per heavy atom. The zero-order valence-corrected chi connectivity index (χ0v) is 14.9. The second-order valence-corrected chi connectivity index (χ2v) is 6.85. The van der Waals surface area contributed by atoms with Crippen LogP contribution in [0.5, 0.6) is 0 Å². The quantitative estimate of drug-likeness (QED) is 0.805. The average molecular weight is 346 g/mol. The van der Waals surface area contributed by atoms with Crippen LogP contribution in [-0.2, 0) is 11.3 Å². The minimum absolute atomic E-state index is 0.192. The van der Waals surface area contributed by atoms with Gasteiger partial charge < -0.3 is 10.4 Å². The normalized spacial score (nSPS) is 10.8. The molecule has 5 nitrogen and oxygen atoms in total. The Balaban J connectivity index is 2.04. The maximum atomic E-state index is 12.3. The number of nitrogens with one attached hydrogen (secondary N) is 1. The Bertz CT molecular complexity index is 725. The molecule has 1 aromatic heterocycles. The van der Waals surface area contributed by atoms with Gasteiger partial charge in [-0.05, 0) is 31.5 Å². The van der Waals surface area contributed by atoms with Gasteiger partial charge in [-0.1, -0.05) is 37.3 Å². The topological polar surface area (TPSA) is 69.6 Å². The number of benzene rings is 1. The number of thiophene rings is 1. The number of hydrogen-bond donors (Lipinski definition) is 2. The molecule has 128 valence electrons. The standard InChI is InChI=1S/C18H22N2O3S/c1-4-20(10-14-8-6-5-7-9-14)11-15(21)19-17-16(18(22)23)12(2)13(3)24-17/h5-9H,4,10-11H2,1-3H3,(H,19,21)(H,22,23). The van der Waals surface area contributed by atoms with E-state index in [1.807, 2.05) is 49.1 Å². The van der Waals surface area contributed by atoms with Crippen molar-refractivity contribution in [1.82, 2.24) is 4.90 Å². The van der Waals surface area contributed by atoms with Crippen molar-refractivity contribution in [2.45, 2.75) is 27.3 Å². The molecule has 0 saturated carbocycles. The summed E-state index contributed by atoms with van der Waals surface area (Å²) in [4.78, 5) is 26.6. The van der Waals surface area contributed by atoms with Crippen molar-refractivity contribution in [2.24, 2.45) is 0 Å². The number of carboxylic acid groups (broad SMARTS) is 1. The summed E-state index contributed by atoms with van der Waals surface area (Å²) in [5.41, 5.74) is 2.04. The Labute approximate surface area is 145 Å². The van der Waals surface area contributed by atoms with Crippen molar-refractivity contribution in [3.05, 3.63) is 51.9 Å². The third-order valence-electron chi connectivity index (χ3n) is 3.92. The van der Waals surface area contributed by atoms with Gasteiger partial charge in [0.1, 0.15) is 5.00 Å². The molecule has 0 radical (unpaired) electrons. The lowest BCUT2D eigenvalue weighted by Gasteiger charge is -2.19. The number of rotatable bonds is 7. The molecular weight excluding hydrogens is 324 g/mol. The van der Waals surface area contributed by atoms with Crippen LogP contribution in [0, 0.1) is 13.8 Å². The Morgan fingerprint density at radius 1 is 1.21 bits per heavy atom. The van der Waals surface area contributed by atoms with E-state index in [2.05, 4.69) is 5.32 Å². The predicted octanol–water partition coefficient (Wildman–Crippen LogP) is 3.52. The summed E-state index contributed by atoms with van der Waals surface area (Å²) < 4.78 is 0. The minimum Gasteiger partial charge on any atom is -0.478 e. The number of nitrogens with zero attached hydrogens (tertiary/aromatic N) is 1. The van der Waals surface area contributed by atoms with Gasteiger partial charge in [0.25, 0.3) is 0 Å². The Kier molecular flexibility index (Phi) is 6.11. The van der Waals surface area contributed by atoms with Crippen LogP contribution in [0.4, 0.5) is 5.00 Å². The fourth-order valence-corrected chi connectivity index (χ4v) is 3.53. The first-order chi connectivity index (χ1) is 11.4. The van der Waals surface area contributed by atoms with Gasteiger partial charge in [0.15, 0.2) is 0 Å². The Morgan fingerprint density at radius 2 is 1.88 bits per heavy atom. The van der Waals surface area contributed by atoms with Crippen molar-refractivity contribution in [3.63, 3.8) is 0 Å². The summed E-state index contributed by atoms with van der Waals surface area (Å²) in [6.45, 7) is 7.25. The average Bonchev–Trinajstić information content (AvgIpc) is 2.81. The fourth-order valence-electron chi connectivity index (χ4n) is 2.46. The lowest BCUT2D eigenvalue weighted by atomic mass is 10.1. The number of aryl methyl sites for hydroxylation is 1. The van der Waals surface area contributed by atoms with E-state index in [9.17, 15) is 14.7 Å². The number of anilines is 1. The van der Waals surface area contributed by atoms with E-state index < -0.39 is 5.97 Å². The molecule has 6 heteroatoms. The SMILES string of the molecule is CCN(CC(=O)Nc1sc(C)c(C)c1C(=O)O)Cc1ccccc1. The Hall–Kier alpha value is -2.18. The van der Waals surface area contributed by atoms with Crippen LogP contribution in [0.2, 0.25) is 0 Å². The van der Waals surface area contributed by atoms with E-state index in [1.54, 1.807) is 6.92 Å². The lowest BCUT2D eigenvalue weighted by molar-refractivity contribution is -0.117. The highest BCUT2D eigenvalue weighted by atomic mass is 32.1. The number of carboxylic acids is 1. The fraction of sp³-hybridized carbons (Fsp3) is 0.333. The maximum Gasteiger partial charge on any atom is 0.338 e. The summed E-state index contributed by atoms with van der Waals surface area (Å²) in [6.07, 6.45) is 0. The first-order valence-corrected chi connectivity index (χ1v) is 8.63. The molecule has 2 N–H and O–H groups in total. The van der Waals surface area contributed by atoms with Crippen LogP contribution in [0.15, 0.2) is 30.3 Å². The number of hydrogen-bond acceptors (Lipinski definition) is 4. The lowest BCUT2D eigenvalue weighted by Crippen LogP contribution is -2.32. The summed E-state index contributed by atoms with van der Waals surface area (Å²) in [7, 11) is 0. The van der Waals surface area contributed by atoms with Gasteiger partial charge >= 0.3 is 5.97 Å². The monoisotopic (exact) mass is 346 g/mol. The molecule has 2 aromatic rings. The molecule has 1 amide bonds. The number of amides is 1. The van der Waals surface area contributed by atoms with E-state index >= 15 is 0 Å². The van der Waals surface area contributed by atoms with Gasteiger partial charge in [0, 0.05) is 11.4 Å². The predicted molar refractivity (Wildman–Crippen MR) is 96.8 cm³/mol. The molecular formula is C18H22N2O3S. The molecule has 0 atom stereocenters. The molecule has 0 spiro atoms. The van der Waals surface area contributed by atoms with Crippen molar-refractivity contribution >= 4 is 28.2 Å². The number of carbonyl (C=O) groups excluding carboxylic acids is 1. The smallest absolute Gasteiger partial charge is 0.338 e. The number of aromatic carboxylic acids is 1. The minimum atomic E-state index is -1.01. The number of carbonyl (C=O) groups is 2. The molecule has 1 aromatic carbocycles. The molecule has 0 aliphatic carbocycles. The molecule has 0 aliphatic heterocycles. The molecule has 0 saturated heterocycles. The highest BCUT2D eigenvalue weighted by Crippen LogP contribution is 2.32. The van der Waals surface area contributed by atoms with Crippen LogP contribution >= 0.6 is 11.3 Å². The van der Waals surface area contributed by atoms with E-state index in [1.165, 1.54) is 11.3 Å². The summed E-state index contributed by atoms with van der Waals surface area (Å²) in [6, 6.07) is 9.95. The van der Waals surface area contributed by atoms with Gasteiger partial charge in [-0.3, -0.25) is 9.69 Å². The molecule has 0 aliphatic rings.